The fraction of sp³-hybridized carbons (Fsp3) is 0.190. The zero-order valence-electron chi connectivity index (χ0n) is 15.4. The van der Waals surface area contributed by atoms with Crippen LogP contribution in [0.15, 0.2) is 65.2 Å². The van der Waals surface area contributed by atoms with Crippen LogP contribution in [0.25, 0.3) is 11.3 Å². The Morgan fingerprint density at radius 3 is 2.62 bits per heavy atom. The van der Waals surface area contributed by atoms with Crippen LogP contribution in [0.2, 0.25) is 0 Å². The zero-order chi connectivity index (χ0) is 20.4. The number of benzene rings is 1. The normalized spacial score (nSPS) is 18.7. The number of thiocarbonyl (C=S) groups is 1. The number of carboxylic acid groups (broad SMARTS) is 1. The first-order valence-electron chi connectivity index (χ1n) is 9.11. The number of aromatic nitrogens is 1. The van der Waals surface area contributed by atoms with Gasteiger partial charge in [0.25, 0.3) is 0 Å². The number of hydrogen-bond acceptors (Lipinski definition) is 5. The highest BCUT2D eigenvalue weighted by Gasteiger charge is 2.41. The molecule has 0 radical (unpaired) electrons. The Labute approximate surface area is 172 Å². The molecule has 0 aliphatic carbocycles. The monoisotopic (exact) mass is 409 g/mol. The lowest BCUT2D eigenvalue weighted by atomic mass is 10.0. The van der Waals surface area contributed by atoms with E-state index in [2.05, 4.69) is 10.3 Å². The average Bonchev–Trinajstić information content (AvgIpc) is 3.34. The van der Waals surface area contributed by atoms with Crippen LogP contribution in [0.1, 0.15) is 33.9 Å². The van der Waals surface area contributed by atoms with Crippen molar-refractivity contribution in [3.8, 4) is 11.3 Å². The number of rotatable bonds is 6. The minimum absolute atomic E-state index is 0.0442. The fourth-order valence-electron chi connectivity index (χ4n) is 3.51. The average molecular weight is 409 g/mol. The van der Waals surface area contributed by atoms with Crippen molar-refractivity contribution in [2.75, 3.05) is 13.2 Å². The van der Waals surface area contributed by atoms with E-state index in [1.54, 1.807) is 30.5 Å². The highest BCUT2D eigenvalue weighted by Crippen LogP contribution is 2.40. The van der Waals surface area contributed by atoms with Crippen LogP contribution in [-0.4, -0.2) is 44.3 Å². The minimum Gasteiger partial charge on any atom is -0.478 e. The third-order valence-electron chi connectivity index (χ3n) is 4.87. The third-order valence-corrected chi connectivity index (χ3v) is 5.23. The Kier molecular flexibility index (Phi) is 5.28. The molecule has 7 nitrogen and oxygen atoms in total. The summed E-state index contributed by atoms with van der Waals surface area (Å²) in [4.78, 5) is 17.4. The Morgan fingerprint density at radius 1 is 1.17 bits per heavy atom. The summed E-state index contributed by atoms with van der Waals surface area (Å²) >= 11 is 5.48. The van der Waals surface area contributed by atoms with E-state index in [1.165, 1.54) is 0 Å². The van der Waals surface area contributed by atoms with Crippen LogP contribution in [0.4, 0.5) is 0 Å². The Hall–Kier alpha value is -3.23. The number of hydrogen-bond donors (Lipinski definition) is 3. The van der Waals surface area contributed by atoms with E-state index in [-0.39, 0.29) is 24.3 Å². The van der Waals surface area contributed by atoms with Crippen molar-refractivity contribution in [2.45, 2.75) is 12.1 Å². The van der Waals surface area contributed by atoms with Gasteiger partial charge in [-0.3, -0.25) is 4.98 Å². The van der Waals surface area contributed by atoms with Gasteiger partial charge >= 0.3 is 5.97 Å². The van der Waals surface area contributed by atoms with E-state index >= 15 is 0 Å². The maximum absolute atomic E-state index is 11.1. The molecular weight excluding hydrogens is 390 g/mol. The Morgan fingerprint density at radius 2 is 1.97 bits per heavy atom. The van der Waals surface area contributed by atoms with Crippen molar-refractivity contribution >= 4 is 23.3 Å². The van der Waals surface area contributed by atoms with Gasteiger partial charge in [0, 0.05) is 18.3 Å². The van der Waals surface area contributed by atoms with Gasteiger partial charge in [-0.05, 0) is 48.6 Å². The molecule has 1 aliphatic rings. The zero-order valence-corrected chi connectivity index (χ0v) is 16.2. The van der Waals surface area contributed by atoms with Gasteiger partial charge < -0.3 is 24.8 Å². The topological polar surface area (TPSA) is 98.8 Å². The van der Waals surface area contributed by atoms with Crippen molar-refractivity contribution < 1.29 is 19.4 Å². The quantitative estimate of drug-likeness (QED) is 0.535. The molecule has 1 fully saturated rings. The van der Waals surface area contributed by atoms with Gasteiger partial charge in [-0.15, -0.1) is 0 Å². The molecule has 0 saturated carbocycles. The predicted molar refractivity (Wildman–Crippen MR) is 110 cm³/mol. The predicted octanol–water partition coefficient (Wildman–Crippen LogP) is 3.00. The number of aromatic carboxylic acids is 1. The Balaban J connectivity index is 1.68. The summed E-state index contributed by atoms with van der Waals surface area (Å²) in [6.07, 6.45) is 1.73. The fourth-order valence-corrected chi connectivity index (χ4v) is 3.84. The van der Waals surface area contributed by atoms with Gasteiger partial charge in [0.05, 0.1) is 23.9 Å². The molecule has 0 spiro atoms. The second kappa shape index (κ2) is 8.02. The molecule has 3 heterocycles. The number of nitrogens with zero attached hydrogens (tertiary/aromatic N) is 2. The molecule has 148 valence electrons. The number of pyridine rings is 1. The first-order chi connectivity index (χ1) is 14.1. The standard InChI is InChI=1S/C21H19N3O4S/c25-12-11-24-19(18(23-21(24)29)15-3-1-2-10-22-15)17-9-8-16(28-17)13-4-6-14(7-5-13)20(26)27/h1-10,18-19,25H,11-12H2,(H,23,29)(H,26,27)/t18-,19-/m1/s1. The molecule has 1 saturated heterocycles. The smallest absolute Gasteiger partial charge is 0.335 e. The third kappa shape index (κ3) is 3.72. The van der Waals surface area contributed by atoms with Crippen molar-refractivity contribution in [1.82, 2.24) is 15.2 Å². The lowest BCUT2D eigenvalue weighted by Gasteiger charge is -2.25. The number of aliphatic hydroxyl groups is 1. The molecule has 3 N–H and O–H groups in total. The van der Waals surface area contributed by atoms with E-state index < -0.39 is 5.97 Å². The molecule has 0 unspecified atom stereocenters. The largest absolute Gasteiger partial charge is 0.478 e. The SMILES string of the molecule is O=C(O)c1ccc(-c2ccc([C@@H]3[C@@H](c4ccccn4)NC(=S)N3CCO)o2)cc1. The van der Waals surface area contributed by atoms with Crippen molar-refractivity contribution in [2.24, 2.45) is 0 Å². The highest BCUT2D eigenvalue weighted by atomic mass is 32.1. The number of aliphatic hydroxyl groups excluding tert-OH is 1. The minimum atomic E-state index is -0.972. The van der Waals surface area contributed by atoms with Crippen molar-refractivity contribution in [1.29, 1.82) is 0 Å². The first kappa shape index (κ1) is 19.1. The van der Waals surface area contributed by atoms with Gasteiger partial charge in [-0.1, -0.05) is 18.2 Å². The van der Waals surface area contributed by atoms with Crippen LogP contribution < -0.4 is 5.32 Å². The Bertz CT molecular complexity index is 1020. The summed E-state index contributed by atoms with van der Waals surface area (Å²) in [7, 11) is 0. The lowest BCUT2D eigenvalue weighted by molar-refractivity contribution is 0.0697. The first-order valence-corrected chi connectivity index (χ1v) is 9.51. The van der Waals surface area contributed by atoms with Crippen LogP contribution in [0.3, 0.4) is 0 Å². The number of nitrogens with one attached hydrogen (secondary N) is 1. The number of β-amino-alcohol motifs (C(OH)–C–C–N with tert-alkyl or cyclic N) is 1. The van der Waals surface area contributed by atoms with Crippen molar-refractivity contribution in [3.63, 3.8) is 0 Å². The molecule has 0 bridgehead atoms. The second-order valence-electron chi connectivity index (χ2n) is 6.63. The van der Waals surface area contributed by atoms with Crippen LogP contribution >= 0.6 is 12.2 Å². The van der Waals surface area contributed by atoms with Gasteiger partial charge in [0.15, 0.2) is 5.11 Å². The number of carbonyl (C=O) groups is 1. The maximum atomic E-state index is 11.1. The summed E-state index contributed by atoms with van der Waals surface area (Å²) in [5.41, 5.74) is 1.82. The summed E-state index contributed by atoms with van der Waals surface area (Å²) in [6.45, 7) is 0.320. The van der Waals surface area contributed by atoms with E-state index in [1.807, 2.05) is 35.2 Å². The molecule has 3 aromatic rings. The summed E-state index contributed by atoms with van der Waals surface area (Å²) in [6, 6.07) is 15.4. The van der Waals surface area contributed by atoms with Gasteiger partial charge in [-0.25, -0.2) is 4.79 Å². The summed E-state index contributed by atoms with van der Waals surface area (Å²) < 4.78 is 6.13. The molecular formula is C21H19N3O4S. The second-order valence-corrected chi connectivity index (χ2v) is 7.01. The molecule has 2 atom stereocenters. The maximum Gasteiger partial charge on any atom is 0.335 e. The van der Waals surface area contributed by atoms with Gasteiger partial charge in [-0.2, -0.15) is 0 Å². The molecule has 1 aromatic carbocycles. The van der Waals surface area contributed by atoms with Gasteiger partial charge in [0.1, 0.15) is 17.6 Å². The highest BCUT2D eigenvalue weighted by molar-refractivity contribution is 7.80. The van der Waals surface area contributed by atoms with E-state index in [9.17, 15) is 9.90 Å². The molecule has 0 amide bonds. The molecule has 1 aliphatic heterocycles. The summed E-state index contributed by atoms with van der Waals surface area (Å²) in [5, 5.41) is 22.4. The lowest BCUT2D eigenvalue weighted by Crippen LogP contribution is -2.32. The molecule has 2 aromatic heterocycles. The van der Waals surface area contributed by atoms with Crippen LogP contribution in [-0.2, 0) is 0 Å². The van der Waals surface area contributed by atoms with Gasteiger partial charge in [0.2, 0.25) is 0 Å². The molecule has 29 heavy (non-hydrogen) atoms. The number of carboxylic acids is 1. The summed E-state index contributed by atoms with van der Waals surface area (Å²) in [5.74, 6) is 0.331. The van der Waals surface area contributed by atoms with Crippen molar-refractivity contribution in [3.05, 3.63) is 77.8 Å². The molecule has 4 rings (SSSR count). The van der Waals surface area contributed by atoms with Crippen LogP contribution in [0.5, 0.6) is 0 Å². The van der Waals surface area contributed by atoms with E-state index in [4.69, 9.17) is 21.7 Å². The molecule has 8 heteroatoms. The van der Waals surface area contributed by atoms with E-state index in [0.29, 0.717) is 23.2 Å². The van der Waals surface area contributed by atoms with E-state index in [0.717, 1.165) is 11.3 Å². The number of furan rings is 1. The van der Waals surface area contributed by atoms with Crippen LogP contribution in [0, 0.1) is 0 Å².